The number of hydrogen-bond acceptors (Lipinski definition) is 6. The number of aliphatic hydroxyl groups is 2. The third-order valence-corrected chi connectivity index (χ3v) is 6.04. The molecule has 1 aliphatic rings. The fourth-order valence-corrected chi connectivity index (χ4v) is 4.14. The molecule has 5 nitrogen and oxygen atoms in total. The molecule has 0 aromatic heterocycles. The van der Waals surface area contributed by atoms with Crippen LogP contribution in [0.1, 0.15) is 31.7 Å². The van der Waals surface area contributed by atoms with Crippen LogP contribution < -0.4 is 9.62 Å². The smallest absolute Gasteiger partial charge is 0.108 e. The zero-order valence-electron chi connectivity index (χ0n) is 16.2. The van der Waals surface area contributed by atoms with Gasteiger partial charge < -0.3 is 15.1 Å². The standard InChI is InChI=1S/C22H27N3O2S/c1-16(22(13-23)28-24-14-21(27)15-26)17-5-6-19-12-20(8-7-18(19)11-17)25-9-3-2-4-10-25/h5-8,11-12,21,24,26-27H,2-4,9-10,14-15H2,1H3/b22-16+. The lowest BCUT2D eigenvalue weighted by molar-refractivity contribution is 0.0994. The maximum Gasteiger partial charge on any atom is 0.108 e. The first-order valence-electron chi connectivity index (χ1n) is 9.71. The van der Waals surface area contributed by atoms with Gasteiger partial charge in [-0.05, 0) is 78.2 Å². The Morgan fingerprint density at radius 3 is 2.61 bits per heavy atom. The van der Waals surface area contributed by atoms with Crippen LogP contribution >= 0.6 is 11.9 Å². The molecule has 1 aliphatic heterocycles. The van der Waals surface area contributed by atoms with Gasteiger partial charge in [-0.15, -0.1) is 0 Å². The largest absolute Gasteiger partial charge is 0.394 e. The van der Waals surface area contributed by atoms with Gasteiger partial charge in [-0.25, -0.2) is 0 Å². The van der Waals surface area contributed by atoms with Crippen LogP contribution in [0.25, 0.3) is 16.3 Å². The van der Waals surface area contributed by atoms with Crippen molar-refractivity contribution in [3.8, 4) is 6.07 Å². The first kappa shape index (κ1) is 20.7. The van der Waals surface area contributed by atoms with Gasteiger partial charge in [0, 0.05) is 25.3 Å². The maximum absolute atomic E-state index is 9.49. The molecule has 1 atom stereocenters. The lowest BCUT2D eigenvalue weighted by atomic mass is 10.0. The Balaban J connectivity index is 1.79. The fourth-order valence-electron chi connectivity index (χ4n) is 3.40. The Labute approximate surface area is 170 Å². The van der Waals surface area contributed by atoms with Crippen LogP contribution in [0.5, 0.6) is 0 Å². The minimum Gasteiger partial charge on any atom is -0.394 e. The molecule has 1 heterocycles. The summed E-state index contributed by atoms with van der Waals surface area (Å²) in [5, 5.41) is 30.1. The van der Waals surface area contributed by atoms with E-state index in [1.807, 2.05) is 6.92 Å². The number of anilines is 1. The number of aliphatic hydroxyl groups excluding tert-OH is 2. The quantitative estimate of drug-likeness (QED) is 0.489. The lowest BCUT2D eigenvalue weighted by Gasteiger charge is -2.29. The summed E-state index contributed by atoms with van der Waals surface area (Å²) in [6.45, 7) is 4.11. The number of piperidine rings is 1. The van der Waals surface area contributed by atoms with Crippen molar-refractivity contribution in [2.24, 2.45) is 0 Å². The van der Waals surface area contributed by atoms with Crippen molar-refractivity contribution in [3.63, 3.8) is 0 Å². The molecule has 6 heteroatoms. The summed E-state index contributed by atoms with van der Waals surface area (Å²) in [7, 11) is 0. The Morgan fingerprint density at radius 2 is 1.89 bits per heavy atom. The van der Waals surface area contributed by atoms with Crippen LogP contribution in [-0.4, -0.2) is 42.6 Å². The lowest BCUT2D eigenvalue weighted by Crippen LogP contribution is -2.29. The summed E-state index contributed by atoms with van der Waals surface area (Å²) in [4.78, 5) is 3.01. The maximum atomic E-state index is 9.49. The Bertz CT molecular complexity index is 885. The third kappa shape index (κ3) is 5.06. The molecule has 1 unspecified atom stereocenters. The van der Waals surface area contributed by atoms with Crippen LogP contribution in [0, 0.1) is 11.3 Å². The van der Waals surface area contributed by atoms with Crippen molar-refractivity contribution in [2.75, 3.05) is 31.1 Å². The molecule has 0 spiro atoms. The van der Waals surface area contributed by atoms with Gasteiger partial charge in [0.15, 0.2) is 0 Å². The van der Waals surface area contributed by atoms with Gasteiger partial charge in [0.1, 0.15) is 11.0 Å². The van der Waals surface area contributed by atoms with E-state index in [9.17, 15) is 10.4 Å². The van der Waals surface area contributed by atoms with Crippen LogP contribution in [-0.2, 0) is 0 Å². The van der Waals surface area contributed by atoms with Gasteiger partial charge in [-0.3, -0.25) is 4.72 Å². The van der Waals surface area contributed by atoms with E-state index in [0.717, 1.165) is 29.6 Å². The Morgan fingerprint density at radius 1 is 1.18 bits per heavy atom. The number of nitriles is 1. The molecule has 0 radical (unpaired) electrons. The minimum absolute atomic E-state index is 0.219. The zero-order valence-corrected chi connectivity index (χ0v) is 17.0. The first-order chi connectivity index (χ1) is 13.6. The SMILES string of the molecule is C/C(=C(/C#N)SNCC(O)CO)c1ccc2cc(N3CCCCC3)ccc2c1. The number of benzene rings is 2. The highest BCUT2D eigenvalue weighted by molar-refractivity contribution is 8.01. The second kappa shape index (κ2) is 9.94. The summed E-state index contributed by atoms with van der Waals surface area (Å²) in [5.74, 6) is 0. The van der Waals surface area contributed by atoms with E-state index in [4.69, 9.17) is 5.11 Å². The molecule has 0 amide bonds. The van der Waals surface area contributed by atoms with E-state index >= 15 is 0 Å². The molecule has 2 aromatic rings. The highest BCUT2D eigenvalue weighted by Gasteiger charge is 2.12. The van der Waals surface area contributed by atoms with E-state index in [1.54, 1.807) is 0 Å². The van der Waals surface area contributed by atoms with Gasteiger partial charge >= 0.3 is 0 Å². The molecule has 1 fully saturated rings. The van der Waals surface area contributed by atoms with E-state index in [0.29, 0.717) is 4.91 Å². The molecule has 0 saturated carbocycles. The van der Waals surface area contributed by atoms with E-state index in [1.165, 1.54) is 42.3 Å². The first-order valence-corrected chi connectivity index (χ1v) is 10.5. The van der Waals surface area contributed by atoms with Crippen LogP contribution in [0.15, 0.2) is 41.3 Å². The van der Waals surface area contributed by atoms with Crippen molar-refractivity contribution in [2.45, 2.75) is 32.3 Å². The molecule has 3 rings (SSSR count). The number of fused-ring (bicyclic) bond motifs is 1. The predicted molar refractivity (Wildman–Crippen MR) is 117 cm³/mol. The minimum atomic E-state index is -0.831. The number of rotatable bonds is 7. The summed E-state index contributed by atoms with van der Waals surface area (Å²) in [6.07, 6.45) is 3.02. The number of nitrogens with one attached hydrogen (secondary N) is 1. The Kier molecular flexibility index (Phi) is 7.35. The second-order valence-corrected chi connectivity index (χ2v) is 8.05. The average Bonchev–Trinajstić information content (AvgIpc) is 2.76. The number of hydrogen-bond donors (Lipinski definition) is 3. The van der Waals surface area contributed by atoms with Crippen LogP contribution in [0.3, 0.4) is 0 Å². The van der Waals surface area contributed by atoms with Crippen molar-refractivity contribution in [1.29, 1.82) is 5.26 Å². The highest BCUT2D eigenvalue weighted by atomic mass is 32.2. The zero-order chi connectivity index (χ0) is 19.9. The molecule has 0 aliphatic carbocycles. The van der Waals surface area contributed by atoms with Crippen molar-refractivity contribution >= 4 is 34.0 Å². The molecule has 2 aromatic carbocycles. The molecular formula is C22H27N3O2S. The summed E-state index contributed by atoms with van der Waals surface area (Å²) < 4.78 is 2.94. The van der Waals surface area contributed by atoms with Crippen molar-refractivity contribution in [1.82, 2.24) is 4.72 Å². The van der Waals surface area contributed by atoms with Gasteiger partial charge in [0.2, 0.25) is 0 Å². The topological polar surface area (TPSA) is 79.5 Å². The molecular weight excluding hydrogens is 370 g/mol. The normalized spacial score (nSPS) is 16.6. The predicted octanol–water partition coefficient (Wildman–Crippen LogP) is 3.68. The number of nitrogens with zero attached hydrogens (tertiary/aromatic N) is 2. The molecule has 3 N–H and O–H groups in total. The van der Waals surface area contributed by atoms with E-state index in [-0.39, 0.29) is 13.2 Å². The monoisotopic (exact) mass is 397 g/mol. The third-order valence-electron chi connectivity index (χ3n) is 5.12. The van der Waals surface area contributed by atoms with Crippen LogP contribution in [0.2, 0.25) is 0 Å². The summed E-state index contributed by atoms with van der Waals surface area (Å²) in [5.41, 5.74) is 3.18. The molecule has 0 bridgehead atoms. The molecule has 1 saturated heterocycles. The average molecular weight is 398 g/mol. The van der Waals surface area contributed by atoms with Crippen molar-refractivity contribution in [3.05, 3.63) is 46.9 Å². The molecule has 148 valence electrons. The fraction of sp³-hybridized carbons (Fsp3) is 0.409. The van der Waals surface area contributed by atoms with Gasteiger partial charge in [-0.2, -0.15) is 5.26 Å². The van der Waals surface area contributed by atoms with Crippen LogP contribution in [0.4, 0.5) is 5.69 Å². The highest BCUT2D eigenvalue weighted by Crippen LogP contribution is 2.30. The van der Waals surface area contributed by atoms with E-state index in [2.05, 4.69) is 52.1 Å². The molecule has 28 heavy (non-hydrogen) atoms. The van der Waals surface area contributed by atoms with Gasteiger partial charge in [-0.1, -0.05) is 18.2 Å². The summed E-state index contributed by atoms with van der Waals surface area (Å²) >= 11 is 1.19. The number of allylic oxidation sites excluding steroid dienone is 2. The van der Waals surface area contributed by atoms with Gasteiger partial charge in [0.25, 0.3) is 0 Å². The summed E-state index contributed by atoms with van der Waals surface area (Å²) in [6, 6.07) is 15.1. The van der Waals surface area contributed by atoms with Gasteiger partial charge in [0.05, 0.1) is 12.7 Å². The second-order valence-electron chi connectivity index (χ2n) is 7.15. The van der Waals surface area contributed by atoms with Crippen molar-refractivity contribution < 1.29 is 10.2 Å². The van der Waals surface area contributed by atoms with E-state index < -0.39 is 6.10 Å². The Hall–Kier alpha value is -2.04.